The van der Waals surface area contributed by atoms with E-state index in [2.05, 4.69) is 22.0 Å². The molecule has 2 fully saturated rings. The molecule has 29 heavy (non-hydrogen) atoms. The number of fused-ring (bicyclic) bond motifs is 3. The van der Waals surface area contributed by atoms with Gasteiger partial charge >= 0.3 is 0 Å². The Hall–Kier alpha value is -2.66. The van der Waals surface area contributed by atoms with E-state index >= 15 is 0 Å². The normalized spacial score (nSPS) is 25.8. The Bertz CT molecular complexity index is 1040. The largest absolute Gasteiger partial charge is 0.396 e. The molecule has 5 rings (SSSR count). The minimum Gasteiger partial charge on any atom is -0.396 e. The number of carbonyl (C=O) groups excluding carboxylic acids is 1. The number of rotatable bonds is 5. The number of para-hydroxylation sites is 2. The first-order chi connectivity index (χ1) is 14.1. The van der Waals surface area contributed by atoms with Crippen LogP contribution in [0, 0.1) is 12.3 Å². The van der Waals surface area contributed by atoms with Crippen molar-refractivity contribution in [2.75, 3.05) is 6.61 Å². The number of aliphatic hydroxyl groups excluding tert-OH is 1. The van der Waals surface area contributed by atoms with E-state index in [1.165, 1.54) is 5.56 Å². The van der Waals surface area contributed by atoms with Crippen molar-refractivity contribution in [3.8, 4) is 0 Å². The van der Waals surface area contributed by atoms with Gasteiger partial charge in [0.25, 0.3) is 0 Å². The Labute approximate surface area is 171 Å². The molecule has 0 radical (unpaired) electrons. The number of aryl methyl sites for hydroxylation is 1. The van der Waals surface area contributed by atoms with E-state index < -0.39 is 0 Å². The second kappa shape index (κ2) is 6.99. The first kappa shape index (κ1) is 18.4. The van der Waals surface area contributed by atoms with Crippen molar-refractivity contribution in [1.82, 2.24) is 14.5 Å². The number of nitrogens with zero attached hydrogens (tertiary/aromatic N) is 3. The van der Waals surface area contributed by atoms with Crippen LogP contribution in [0.25, 0.3) is 11.0 Å². The minimum absolute atomic E-state index is 0.111. The van der Waals surface area contributed by atoms with Gasteiger partial charge < -0.3 is 14.6 Å². The molecule has 2 aromatic carbocycles. The standard InChI is InChI=1S/C24H27N3O2/c1-17-25-20-9-5-6-10-21(20)26(17)15-23(29)27-19-11-12-22(27)24(14-19,16-28)13-18-7-3-2-4-8-18/h2-10,19,22,28H,11-16H2,1H3/t19-,22+,24-/m0/s1. The number of aliphatic hydroxyl groups is 1. The van der Waals surface area contributed by atoms with Crippen LogP contribution in [0.2, 0.25) is 0 Å². The second-order valence-corrected chi connectivity index (χ2v) is 8.67. The second-order valence-electron chi connectivity index (χ2n) is 8.67. The van der Waals surface area contributed by atoms with Crippen LogP contribution in [0.15, 0.2) is 54.6 Å². The minimum atomic E-state index is -0.230. The SMILES string of the molecule is Cc1nc2ccccc2n1CC(=O)N1[C@H]2CC[C@@H]1[C@@](CO)(Cc1ccccc1)C2. The lowest BCUT2D eigenvalue weighted by Crippen LogP contribution is -2.44. The van der Waals surface area contributed by atoms with Crippen molar-refractivity contribution >= 4 is 16.9 Å². The Balaban J connectivity index is 1.41. The van der Waals surface area contributed by atoms with Gasteiger partial charge in [-0.3, -0.25) is 4.79 Å². The Morgan fingerprint density at radius 2 is 1.90 bits per heavy atom. The van der Waals surface area contributed by atoms with Crippen LogP contribution in [0.3, 0.4) is 0 Å². The van der Waals surface area contributed by atoms with E-state index in [0.29, 0.717) is 6.54 Å². The number of amides is 1. The van der Waals surface area contributed by atoms with E-state index in [1.807, 2.05) is 54.0 Å². The highest BCUT2D eigenvalue weighted by atomic mass is 16.3. The van der Waals surface area contributed by atoms with Gasteiger partial charge in [0.2, 0.25) is 5.91 Å². The van der Waals surface area contributed by atoms with Gasteiger partial charge in [-0.1, -0.05) is 42.5 Å². The number of benzene rings is 2. The summed E-state index contributed by atoms with van der Waals surface area (Å²) in [6, 6.07) is 18.7. The summed E-state index contributed by atoms with van der Waals surface area (Å²) >= 11 is 0. The number of aromatic nitrogens is 2. The summed E-state index contributed by atoms with van der Waals surface area (Å²) in [4.78, 5) is 20.1. The predicted molar refractivity (Wildman–Crippen MR) is 112 cm³/mol. The molecule has 2 aliphatic rings. The number of hydrogen-bond donors (Lipinski definition) is 1. The average molecular weight is 389 g/mol. The van der Waals surface area contributed by atoms with Crippen LogP contribution in [-0.4, -0.2) is 44.2 Å². The van der Waals surface area contributed by atoms with Crippen LogP contribution >= 0.6 is 0 Å². The Morgan fingerprint density at radius 1 is 1.14 bits per heavy atom. The van der Waals surface area contributed by atoms with Gasteiger partial charge in [-0.25, -0.2) is 4.98 Å². The van der Waals surface area contributed by atoms with Gasteiger partial charge in [0.05, 0.1) is 17.6 Å². The summed E-state index contributed by atoms with van der Waals surface area (Å²) in [5.74, 6) is 1.01. The Kier molecular flexibility index (Phi) is 4.43. The smallest absolute Gasteiger partial charge is 0.243 e. The highest BCUT2D eigenvalue weighted by molar-refractivity contribution is 5.82. The topological polar surface area (TPSA) is 58.4 Å². The lowest BCUT2D eigenvalue weighted by molar-refractivity contribution is -0.134. The molecule has 5 nitrogen and oxygen atoms in total. The molecule has 2 aliphatic heterocycles. The average Bonchev–Trinajstić information content (AvgIpc) is 3.39. The molecule has 3 atom stereocenters. The molecule has 3 heterocycles. The van der Waals surface area contributed by atoms with E-state index in [9.17, 15) is 9.90 Å². The van der Waals surface area contributed by atoms with Gasteiger partial charge in [0.15, 0.2) is 0 Å². The van der Waals surface area contributed by atoms with Gasteiger partial charge in [-0.15, -0.1) is 0 Å². The first-order valence-corrected chi connectivity index (χ1v) is 10.5. The zero-order valence-electron chi connectivity index (χ0n) is 16.8. The van der Waals surface area contributed by atoms with Crippen molar-refractivity contribution in [3.63, 3.8) is 0 Å². The van der Waals surface area contributed by atoms with Crippen LogP contribution in [0.5, 0.6) is 0 Å². The van der Waals surface area contributed by atoms with E-state index in [1.54, 1.807) is 0 Å². The van der Waals surface area contributed by atoms with E-state index in [0.717, 1.165) is 42.5 Å². The molecule has 1 N–H and O–H groups in total. The monoisotopic (exact) mass is 389 g/mol. The van der Waals surface area contributed by atoms with Gasteiger partial charge in [0, 0.05) is 17.5 Å². The van der Waals surface area contributed by atoms with Crippen LogP contribution in [-0.2, 0) is 17.8 Å². The van der Waals surface area contributed by atoms with Gasteiger partial charge in [-0.05, 0) is 50.3 Å². The molecule has 0 saturated carbocycles. The molecule has 150 valence electrons. The quantitative estimate of drug-likeness (QED) is 0.728. The molecule has 3 aromatic rings. The third-order valence-corrected chi connectivity index (χ3v) is 6.99. The van der Waals surface area contributed by atoms with Crippen molar-refractivity contribution in [3.05, 3.63) is 66.0 Å². The summed E-state index contributed by atoms with van der Waals surface area (Å²) in [7, 11) is 0. The summed E-state index contributed by atoms with van der Waals surface area (Å²) in [5, 5.41) is 10.4. The summed E-state index contributed by atoms with van der Waals surface area (Å²) in [6.07, 6.45) is 3.73. The van der Waals surface area contributed by atoms with E-state index in [4.69, 9.17) is 0 Å². The lowest BCUT2D eigenvalue weighted by Gasteiger charge is -2.36. The number of imidazole rings is 1. The predicted octanol–water partition coefficient (Wildman–Crippen LogP) is 3.33. The highest BCUT2D eigenvalue weighted by Crippen LogP contribution is 2.51. The third-order valence-electron chi connectivity index (χ3n) is 6.99. The molecule has 2 bridgehead atoms. The zero-order valence-corrected chi connectivity index (χ0v) is 16.8. The fraction of sp³-hybridized carbons (Fsp3) is 0.417. The maximum absolute atomic E-state index is 13.4. The fourth-order valence-electron chi connectivity index (χ4n) is 5.70. The van der Waals surface area contributed by atoms with Crippen LogP contribution < -0.4 is 0 Å². The van der Waals surface area contributed by atoms with Gasteiger partial charge in [-0.2, -0.15) is 0 Å². The lowest BCUT2D eigenvalue weighted by atomic mass is 9.70. The maximum Gasteiger partial charge on any atom is 0.243 e. The molecule has 0 unspecified atom stereocenters. The van der Waals surface area contributed by atoms with Crippen molar-refractivity contribution in [1.29, 1.82) is 0 Å². The molecule has 1 amide bonds. The molecule has 1 aromatic heterocycles. The number of hydrogen-bond acceptors (Lipinski definition) is 3. The summed E-state index contributed by atoms with van der Waals surface area (Å²) in [6.45, 7) is 2.39. The molecule has 5 heteroatoms. The van der Waals surface area contributed by atoms with Crippen molar-refractivity contribution in [2.24, 2.45) is 5.41 Å². The van der Waals surface area contributed by atoms with Gasteiger partial charge in [0.1, 0.15) is 12.4 Å². The summed E-state index contributed by atoms with van der Waals surface area (Å²) < 4.78 is 2.02. The maximum atomic E-state index is 13.4. The molecule has 2 saturated heterocycles. The first-order valence-electron chi connectivity index (χ1n) is 10.5. The van der Waals surface area contributed by atoms with Crippen LogP contribution in [0.4, 0.5) is 0 Å². The van der Waals surface area contributed by atoms with Crippen molar-refractivity contribution in [2.45, 2.75) is 51.2 Å². The van der Waals surface area contributed by atoms with Crippen LogP contribution in [0.1, 0.15) is 30.7 Å². The molecular formula is C24H27N3O2. The van der Waals surface area contributed by atoms with Crippen molar-refractivity contribution < 1.29 is 9.90 Å². The fourth-order valence-corrected chi connectivity index (χ4v) is 5.70. The Morgan fingerprint density at radius 3 is 2.69 bits per heavy atom. The highest BCUT2D eigenvalue weighted by Gasteiger charge is 2.56. The molecule has 0 spiro atoms. The molecular weight excluding hydrogens is 362 g/mol. The third kappa shape index (κ3) is 2.96. The molecule has 0 aliphatic carbocycles. The zero-order chi connectivity index (χ0) is 20.0. The number of carbonyl (C=O) groups is 1. The van der Waals surface area contributed by atoms with E-state index in [-0.39, 0.29) is 30.0 Å². The summed E-state index contributed by atoms with van der Waals surface area (Å²) in [5.41, 5.74) is 2.93.